The summed E-state index contributed by atoms with van der Waals surface area (Å²) in [6, 6.07) is 35.0. The summed E-state index contributed by atoms with van der Waals surface area (Å²) >= 11 is 4.74. The zero-order valence-corrected chi connectivity index (χ0v) is 22.2. The molecule has 0 fully saturated rings. The number of urea groups is 1. The SMILES string of the molecule is CC(CC(C)(Oc1ccc2ccccc2c1)c1ccccc1S)(NC(N)=O)Oc1ccc2ccccc2c1. The largest absolute Gasteiger partial charge is 0.483 e. The van der Waals surface area contributed by atoms with E-state index in [2.05, 4.69) is 11.4 Å². The highest BCUT2D eigenvalue weighted by atomic mass is 32.1. The van der Waals surface area contributed by atoms with Crippen molar-refractivity contribution < 1.29 is 14.3 Å². The highest BCUT2D eigenvalue weighted by molar-refractivity contribution is 7.80. The number of carbonyl (C=O) groups is 1. The molecule has 0 bridgehead atoms. The van der Waals surface area contributed by atoms with Gasteiger partial charge < -0.3 is 20.5 Å². The van der Waals surface area contributed by atoms with Crippen LogP contribution in [0.5, 0.6) is 11.5 Å². The van der Waals surface area contributed by atoms with Crippen molar-refractivity contribution in [3.05, 3.63) is 115 Å². The van der Waals surface area contributed by atoms with Crippen LogP contribution in [0.3, 0.4) is 0 Å². The molecule has 5 rings (SSSR count). The van der Waals surface area contributed by atoms with Gasteiger partial charge in [0.05, 0.1) is 6.42 Å². The van der Waals surface area contributed by atoms with Gasteiger partial charge in [0.1, 0.15) is 17.1 Å². The first-order valence-electron chi connectivity index (χ1n) is 12.4. The number of hydrogen-bond donors (Lipinski definition) is 3. The molecule has 2 unspecified atom stereocenters. The zero-order chi connectivity index (χ0) is 26.8. The minimum absolute atomic E-state index is 0.236. The molecule has 2 amide bonds. The maximum absolute atomic E-state index is 12.2. The van der Waals surface area contributed by atoms with E-state index in [1.165, 1.54) is 0 Å². The molecular formula is C32H30N2O3S. The quantitative estimate of drug-likeness (QED) is 0.147. The van der Waals surface area contributed by atoms with E-state index in [1.807, 2.05) is 110 Å². The molecule has 0 spiro atoms. The van der Waals surface area contributed by atoms with Crippen molar-refractivity contribution in [1.29, 1.82) is 0 Å². The van der Waals surface area contributed by atoms with Gasteiger partial charge in [-0.05, 0) is 65.7 Å². The highest BCUT2D eigenvalue weighted by Gasteiger charge is 2.42. The molecule has 0 saturated carbocycles. The fourth-order valence-electron chi connectivity index (χ4n) is 5.10. The van der Waals surface area contributed by atoms with Gasteiger partial charge in [0.2, 0.25) is 0 Å². The normalized spacial score (nSPS) is 14.4. The van der Waals surface area contributed by atoms with Crippen molar-refractivity contribution in [2.75, 3.05) is 0 Å². The van der Waals surface area contributed by atoms with Crippen LogP contribution in [-0.2, 0) is 5.60 Å². The fourth-order valence-corrected chi connectivity index (χ4v) is 5.50. The number of primary amides is 1. The first-order chi connectivity index (χ1) is 18.2. The lowest BCUT2D eigenvalue weighted by molar-refractivity contribution is -0.0315. The molecule has 38 heavy (non-hydrogen) atoms. The standard InChI is InChI=1S/C32H30N2O3S/c1-31(28-13-7-8-14-29(28)38,36-26-17-15-22-9-3-5-11-24(22)19-26)21-32(2,34-30(33)35)37-27-18-16-23-10-4-6-12-25(23)20-27/h3-20,38H,21H2,1-2H3,(H3,33,34,35). The van der Waals surface area contributed by atoms with Crippen LogP contribution in [0.1, 0.15) is 25.8 Å². The third kappa shape index (κ3) is 5.55. The number of fused-ring (bicyclic) bond motifs is 2. The van der Waals surface area contributed by atoms with E-state index >= 15 is 0 Å². The van der Waals surface area contributed by atoms with E-state index in [0.29, 0.717) is 11.5 Å². The van der Waals surface area contributed by atoms with Crippen LogP contribution >= 0.6 is 12.6 Å². The predicted octanol–water partition coefficient (Wildman–Crippen LogP) is 7.43. The van der Waals surface area contributed by atoms with Crippen LogP contribution in [0.2, 0.25) is 0 Å². The summed E-state index contributed by atoms with van der Waals surface area (Å²) in [6.07, 6.45) is 0.236. The molecule has 3 N–H and O–H groups in total. The maximum atomic E-state index is 12.2. The van der Waals surface area contributed by atoms with Crippen molar-refractivity contribution in [3.63, 3.8) is 0 Å². The number of thiol groups is 1. The van der Waals surface area contributed by atoms with Crippen LogP contribution < -0.4 is 20.5 Å². The number of benzene rings is 5. The number of hydrogen-bond acceptors (Lipinski definition) is 4. The van der Waals surface area contributed by atoms with Gasteiger partial charge in [-0.3, -0.25) is 0 Å². The van der Waals surface area contributed by atoms with Crippen LogP contribution in [0, 0.1) is 0 Å². The smallest absolute Gasteiger partial charge is 0.315 e. The molecule has 5 aromatic rings. The Morgan fingerprint density at radius 3 is 1.79 bits per heavy atom. The molecule has 192 valence electrons. The Kier molecular flexibility index (Phi) is 6.91. The predicted molar refractivity (Wildman–Crippen MR) is 156 cm³/mol. The van der Waals surface area contributed by atoms with Crippen LogP contribution in [-0.4, -0.2) is 11.8 Å². The minimum Gasteiger partial charge on any atom is -0.483 e. The monoisotopic (exact) mass is 522 g/mol. The van der Waals surface area contributed by atoms with E-state index < -0.39 is 17.4 Å². The third-order valence-corrected chi connectivity index (χ3v) is 7.05. The second-order valence-corrected chi connectivity index (χ2v) is 10.3. The van der Waals surface area contributed by atoms with Gasteiger partial charge in [-0.1, -0.05) is 78.9 Å². The van der Waals surface area contributed by atoms with E-state index in [0.717, 1.165) is 32.0 Å². The van der Waals surface area contributed by atoms with E-state index in [4.69, 9.17) is 27.8 Å². The van der Waals surface area contributed by atoms with Gasteiger partial charge in [-0.25, -0.2) is 4.79 Å². The molecule has 5 nitrogen and oxygen atoms in total. The summed E-state index contributed by atoms with van der Waals surface area (Å²) in [5.74, 6) is 1.29. The molecule has 0 aromatic heterocycles. The van der Waals surface area contributed by atoms with Gasteiger partial charge in [-0.15, -0.1) is 12.6 Å². The van der Waals surface area contributed by atoms with Gasteiger partial charge in [0, 0.05) is 10.5 Å². The summed E-state index contributed by atoms with van der Waals surface area (Å²) in [5.41, 5.74) is 4.33. The summed E-state index contributed by atoms with van der Waals surface area (Å²) in [6.45, 7) is 3.78. The number of ether oxygens (including phenoxy) is 2. The molecule has 6 heteroatoms. The van der Waals surface area contributed by atoms with Gasteiger partial charge in [0.15, 0.2) is 5.72 Å². The first-order valence-corrected chi connectivity index (χ1v) is 12.9. The van der Waals surface area contributed by atoms with E-state index in [9.17, 15) is 4.79 Å². The molecule has 0 aliphatic carbocycles. The Bertz CT molecular complexity index is 1620. The minimum atomic E-state index is -1.21. The molecule has 0 aliphatic heterocycles. The van der Waals surface area contributed by atoms with Crippen molar-refractivity contribution in [2.24, 2.45) is 5.73 Å². The average molecular weight is 523 g/mol. The number of nitrogens with one attached hydrogen (secondary N) is 1. The summed E-state index contributed by atoms with van der Waals surface area (Å²) in [7, 11) is 0. The second kappa shape index (κ2) is 10.3. The molecule has 0 aliphatic rings. The highest BCUT2D eigenvalue weighted by Crippen LogP contribution is 2.40. The average Bonchev–Trinajstić information content (AvgIpc) is 2.88. The van der Waals surface area contributed by atoms with E-state index in [1.54, 1.807) is 6.92 Å². The van der Waals surface area contributed by atoms with Crippen molar-refractivity contribution in [3.8, 4) is 11.5 Å². The van der Waals surface area contributed by atoms with Gasteiger partial charge in [0.25, 0.3) is 0 Å². The summed E-state index contributed by atoms with van der Waals surface area (Å²) < 4.78 is 13.2. The van der Waals surface area contributed by atoms with Crippen LogP contribution in [0.4, 0.5) is 4.79 Å². The lowest BCUT2D eigenvalue weighted by Gasteiger charge is -2.40. The zero-order valence-electron chi connectivity index (χ0n) is 21.3. The van der Waals surface area contributed by atoms with Crippen molar-refractivity contribution in [2.45, 2.75) is 36.5 Å². The third-order valence-electron chi connectivity index (χ3n) is 6.66. The molecular weight excluding hydrogens is 492 g/mol. The van der Waals surface area contributed by atoms with Crippen LogP contribution in [0.15, 0.2) is 114 Å². The number of amides is 2. The topological polar surface area (TPSA) is 73.6 Å². The Hall–Kier alpha value is -4.16. The summed E-state index contributed by atoms with van der Waals surface area (Å²) in [4.78, 5) is 13.0. The van der Waals surface area contributed by atoms with Crippen molar-refractivity contribution >= 4 is 40.2 Å². The molecule has 5 aromatic carbocycles. The lowest BCUT2D eigenvalue weighted by Crippen LogP contribution is -2.56. The first kappa shape index (κ1) is 25.5. The van der Waals surface area contributed by atoms with E-state index in [-0.39, 0.29) is 6.42 Å². The number of nitrogens with two attached hydrogens (primary N) is 1. The fraction of sp³-hybridized carbons (Fsp3) is 0.156. The lowest BCUT2D eigenvalue weighted by atomic mass is 9.87. The Morgan fingerprint density at radius 1 is 0.737 bits per heavy atom. The molecule has 2 atom stereocenters. The van der Waals surface area contributed by atoms with Gasteiger partial charge in [-0.2, -0.15) is 0 Å². The molecule has 0 radical (unpaired) electrons. The second-order valence-electron chi connectivity index (χ2n) is 9.87. The Labute approximate surface area is 228 Å². The maximum Gasteiger partial charge on any atom is 0.315 e. The number of carbonyl (C=O) groups excluding carboxylic acids is 1. The van der Waals surface area contributed by atoms with Gasteiger partial charge >= 0.3 is 6.03 Å². The molecule has 0 saturated heterocycles. The Balaban J connectivity index is 1.55. The number of rotatable bonds is 8. The Morgan fingerprint density at radius 2 is 1.24 bits per heavy atom. The summed E-state index contributed by atoms with van der Waals surface area (Å²) in [5, 5.41) is 7.14. The van der Waals surface area contributed by atoms with Crippen molar-refractivity contribution in [1.82, 2.24) is 5.32 Å². The van der Waals surface area contributed by atoms with Crippen LogP contribution in [0.25, 0.3) is 21.5 Å². The molecule has 0 heterocycles.